The first-order valence-electron chi connectivity index (χ1n) is 3.80. The fourth-order valence-corrected chi connectivity index (χ4v) is 0.848. The van der Waals surface area contributed by atoms with E-state index in [4.69, 9.17) is 0 Å². The highest BCUT2D eigenvalue weighted by Gasteiger charge is 2.04. The molecule has 0 aliphatic heterocycles. The van der Waals surface area contributed by atoms with Crippen LogP contribution in [0.1, 0.15) is 0 Å². The average Bonchev–Trinajstić information content (AvgIpc) is 2.66. The van der Waals surface area contributed by atoms with Crippen molar-refractivity contribution >= 4 is 5.97 Å². The number of allylic oxidation sites excluding steroid dienone is 5. The van der Waals surface area contributed by atoms with Crippen LogP contribution in [0.2, 0.25) is 0 Å². The number of aliphatic hydroxyl groups excluding tert-OH is 1. The molecule has 1 aliphatic carbocycles. The summed E-state index contributed by atoms with van der Waals surface area (Å²) in [6.45, 7) is 3.12. The van der Waals surface area contributed by atoms with Crippen LogP contribution in [0.5, 0.6) is 0 Å². The number of carbonyl (C=O) groups excluding carboxylic acids is 1. The molecule has 3 nitrogen and oxygen atoms in total. The second kappa shape index (κ2) is 4.30. The summed E-state index contributed by atoms with van der Waals surface area (Å²) in [5, 5.41) is 9.36. The summed E-state index contributed by atoms with van der Waals surface area (Å²) in [6, 6.07) is 0. The van der Waals surface area contributed by atoms with Crippen molar-refractivity contribution < 1.29 is 14.6 Å². The van der Waals surface area contributed by atoms with Crippen molar-refractivity contribution in [3.05, 3.63) is 48.3 Å². The molecule has 0 bridgehead atoms. The van der Waals surface area contributed by atoms with E-state index in [-0.39, 0.29) is 12.4 Å². The van der Waals surface area contributed by atoms with Gasteiger partial charge in [-0.3, -0.25) is 0 Å². The summed E-state index contributed by atoms with van der Waals surface area (Å²) < 4.78 is 4.63. The molecule has 0 saturated carbocycles. The molecule has 0 aromatic rings. The van der Waals surface area contributed by atoms with Gasteiger partial charge in [-0.05, 0) is 0 Å². The van der Waals surface area contributed by atoms with E-state index in [1.807, 2.05) is 0 Å². The van der Waals surface area contributed by atoms with Gasteiger partial charge in [-0.25, -0.2) is 4.79 Å². The second-order valence-electron chi connectivity index (χ2n) is 2.43. The van der Waals surface area contributed by atoms with E-state index in [0.29, 0.717) is 5.57 Å². The van der Waals surface area contributed by atoms with E-state index in [2.05, 4.69) is 11.3 Å². The Hall–Kier alpha value is -1.77. The minimum Gasteiger partial charge on any atom is -0.508 e. The summed E-state index contributed by atoms with van der Waals surface area (Å²) in [7, 11) is 0. The monoisotopic (exact) mass is 178 g/mol. The van der Waals surface area contributed by atoms with Gasteiger partial charge < -0.3 is 9.84 Å². The molecule has 1 aliphatic rings. The molecule has 0 atom stereocenters. The lowest BCUT2D eigenvalue weighted by Crippen LogP contribution is -2.05. The molecular formula is C10H10O3. The number of ether oxygens (including phenoxy) is 1. The predicted molar refractivity (Wildman–Crippen MR) is 49.1 cm³/mol. The fraction of sp³-hybridized carbons (Fsp3) is 0.100. The van der Waals surface area contributed by atoms with E-state index < -0.39 is 5.97 Å². The average molecular weight is 178 g/mol. The lowest BCUT2D eigenvalue weighted by molar-refractivity contribution is -0.137. The number of esters is 1. The summed E-state index contributed by atoms with van der Waals surface area (Å²) in [5.74, 6) is -0.502. The second-order valence-corrected chi connectivity index (χ2v) is 2.43. The maximum Gasteiger partial charge on any atom is 0.330 e. The molecule has 0 unspecified atom stereocenters. The maximum atomic E-state index is 10.6. The minimum absolute atomic E-state index is 0.0419. The zero-order valence-electron chi connectivity index (χ0n) is 7.06. The van der Waals surface area contributed by atoms with Gasteiger partial charge in [0.2, 0.25) is 0 Å². The molecule has 1 N–H and O–H groups in total. The zero-order valence-corrected chi connectivity index (χ0v) is 7.06. The Balaban J connectivity index is 2.50. The molecule has 0 radical (unpaired) electrons. The smallest absolute Gasteiger partial charge is 0.330 e. The van der Waals surface area contributed by atoms with E-state index in [1.165, 1.54) is 0 Å². The Morgan fingerprint density at radius 2 is 2.15 bits per heavy atom. The molecule has 0 heterocycles. The van der Waals surface area contributed by atoms with Crippen LogP contribution in [0, 0.1) is 0 Å². The molecular weight excluding hydrogens is 168 g/mol. The molecule has 0 aromatic carbocycles. The van der Waals surface area contributed by atoms with Crippen LogP contribution in [-0.2, 0) is 9.53 Å². The highest BCUT2D eigenvalue weighted by molar-refractivity contribution is 5.81. The van der Waals surface area contributed by atoms with Crippen molar-refractivity contribution in [2.75, 3.05) is 6.61 Å². The molecule has 3 heteroatoms. The molecule has 1 rings (SSSR count). The van der Waals surface area contributed by atoms with Gasteiger partial charge in [0.25, 0.3) is 0 Å². The lowest BCUT2D eigenvalue weighted by Gasteiger charge is -2.02. The lowest BCUT2D eigenvalue weighted by atomic mass is 10.2. The van der Waals surface area contributed by atoms with Crippen LogP contribution in [0.15, 0.2) is 48.3 Å². The third-order valence-corrected chi connectivity index (χ3v) is 1.51. The van der Waals surface area contributed by atoms with E-state index in [9.17, 15) is 9.90 Å². The molecule has 0 amide bonds. The van der Waals surface area contributed by atoms with E-state index in [1.54, 1.807) is 24.3 Å². The van der Waals surface area contributed by atoms with Gasteiger partial charge in [0, 0.05) is 11.6 Å². The van der Waals surface area contributed by atoms with Gasteiger partial charge >= 0.3 is 5.97 Å². The fourth-order valence-electron chi connectivity index (χ4n) is 0.848. The Morgan fingerprint density at radius 3 is 2.69 bits per heavy atom. The molecule has 0 spiro atoms. The first-order valence-corrected chi connectivity index (χ1v) is 3.80. The summed E-state index contributed by atoms with van der Waals surface area (Å²) in [4.78, 5) is 10.6. The maximum absolute atomic E-state index is 10.6. The van der Waals surface area contributed by atoms with Crippen molar-refractivity contribution in [2.45, 2.75) is 0 Å². The number of rotatable bonds is 3. The van der Waals surface area contributed by atoms with Crippen molar-refractivity contribution in [3.63, 3.8) is 0 Å². The first kappa shape index (κ1) is 9.32. The number of hydrogen-bond donors (Lipinski definition) is 1. The van der Waals surface area contributed by atoms with E-state index in [0.717, 1.165) is 6.08 Å². The van der Waals surface area contributed by atoms with Gasteiger partial charge in [0.1, 0.15) is 12.4 Å². The van der Waals surface area contributed by atoms with Crippen LogP contribution in [0.25, 0.3) is 0 Å². The summed E-state index contributed by atoms with van der Waals surface area (Å²) in [5.41, 5.74) is 0.664. The van der Waals surface area contributed by atoms with Crippen molar-refractivity contribution in [2.24, 2.45) is 0 Å². The normalized spacial score (nSPS) is 13.1. The quantitative estimate of drug-likeness (QED) is 0.406. The SMILES string of the molecule is C=CC(=O)OCC(O)=C1C=CC=C1. The third-order valence-electron chi connectivity index (χ3n) is 1.51. The van der Waals surface area contributed by atoms with Gasteiger partial charge in [-0.15, -0.1) is 0 Å². The van der Waals surface area contributed by atoms with Gasteiger partial charge in [0.05, 0.1) is 0 Å². The summed E-state index contributed by atoms with van der Waals surface area (Å²) in [6.07, 6.45) is 8.11. The van der Waals surface area contributed by atoms with Gasteiger partial charge in [0.15, 0.2) is 0 Å². The predicted octanol–water partition coefficient (Wildman–Crippen LogP) is 1.65. The zero-order chi connectivity index (χ0) is 9.68. The Morgan fingerprint density at radius 1 is 1.54 bits per heavy atom. The number of aliphatic hydroxyl groups is 1. The summed E-state index contributed by atoms with van der Waals surface area (Å²) >= 11 is 0. The van der Waals surface area contributed by atoms with Crippen molar-refractivity contribution in [1.82, 2.24) is 0 Å². The highest BCUT2D eigenvalue weighted by atomic mass is 16.5. The van der Waals surface area contributed by atoms with Crippen molar-refractivity contribution in [3.8, 4) is 0 Å². The first-order chi connectivity index (χ1) is 6.24. The van der Waals surface area contributed by atoms with Crippen LogP contribution < -0.4 is 0 Å². The van der Waals surface area contributed by atoms with Crippen LogP contribution in [-0.4, -0.2) is 17.7 Å². The van der Waals surface area contributed by atoms with Crippen LogP contribution in [0.3, 0.4) is 0 Å². The molecule has 68 valence electrons. The van der Waals surface area contributed by atoms with Crippen LogP contribution >= 0.6 is 0 Å². The van der Waals surface area contributed by atoms with Gasteiger partial charge in [-0.1, -0.05) is 30.9 Å². The number of hydrogen-bond acceptors (Lipinski definition) is 3. The molecule has 0 aromatic heterocycles. The van der Waals surface area contributed by atoms with Crippen LogP contribution in [0.4, 0.5) is 0 Å². The van der Waals surface area contributed by atoms with Gasteiger partial charge in [-0.2, -0.15) is 0 Å². The molecule has 0 saturated heterocycles. The number of carbonyl (C=O) groups is 1. The topological polar surface area (TPSA) is 46.5 Å². The van der Waals surface area contributed by atoms with E-state index >= 15 is 0 Å². The molecule has 13 heavy (non-hydrogen) atoms. The third kappa shape index (κ3) is 2.63. The van der Waals surface area contributed by atoms with Crippen molar-refractivity contribution in [1.29, 1.82) is 0 Å². The Bertz CT molecular complexity index is 294. The molecule has 0 fully saturated rings. The minimum atomic E-state index is -0.543. The largest absolute Gasteiger partial charge is 0.508 e. The Labute approximate surface area is 76.3 Å². The highest BCUT2D eigenvalue weighted by Crippen LogP contribution is 2.11. The standard InChI is InChI=1S/C10H10O3/c1-2-10(12)13-7-9(11)8-5-3-4-6-8/h2-6,11H,1,7H2. The Kier molecular flexibility index (Phi) is 3.09.